The highest BCUT2D eigenvalue weighted by molar-refractivity contribution is 7.80. The Morgan fingerprint density at radius 3 is 2.38 bits per heavy atom. The third-order valence-electron chi connectivity index (χ3n) is 3.95. The molecule has 2 aromatic carbocycles. The van der Waals surface area contributed by atoms with E-state index in [2.05, 4.69) is 53.2 Å². The molecule has 0 atom stereocenters. The molecule has 1 aliphatic rings. The Bertz CT molecular complexity index is 651. The molecule has 0 radical (unpaired) electrons. The van der Waals surface area contributed by atoms with Crippen LogP contribution in [0, 0.1) is 0 Å². The van der Waals surface area contributed by atoms with Gasteiger partial charge in [-0.25, -0.2) is 0 Å². The molecule has 2 aromatic rings. The number of para-hydroxylation sites is 2. The van der Waals surface area contributed by atoms with Crippen LogP contribution in [0.4, 0.5) is 11.4 Å². The second kappa shape index (κ2) is 5.74. The minimum Gasteiger partial charge on any atom is -0.389 e. The Labute approximate surface area is 131 Å². The highest BCUT2D eigenvalue weighted by atomic mass is 32.1. The summed E-state index contributed by atoms with van der Waals surface area (Å²) in [6, 6.07) is 16.8. The highest BCUT2D eigenvalue weighted by Gasteiger charge is 2.19. The number of likely N-dealkylation sites (N-methyl/N-ethyl adjacent to an activating group) is 1. The van der Waals surface area contributed by atoms with Crippen LogP contribution < -0.4 is 15.5 Å². The van der Waals surface area contributed by atoms with Crippen LogP contribution in [-0.2, 0) is 6.54 Å². The monoisotopic (exact) mass is 297 g/mol. The zero-order chi connectivity index (χ0) is 14.8. The van der Waals surface area contributed by atoms with Crippen LogP contribution in [0.2, 0.25) is 0 Å². The second-order valence-corrected chi connectivity index (χ2v) is 5.83. The van der Waals surface area contributed by atoms with E-state index in [1.165, 1.54) is 16.9 Å². The molecule has 0 bridgehead atoms. The Morgan fingerprint density at radius 2 is 1.71 bits per heavy atom. The number of anilines is 2. The number of benzene rings is 2. The fraction of sp³-hybridized carbons (Fsp3) is 0.235. The van der Waals surface area contributed by atoms with Gasteiger partial charge in [0.15, 0.2) is 0 Å². The van der Waals surface area contributed by atoms with Crippen molar-refractivity contribution in [2.24, 2.45) is 5.73 Å². The molecule has 1 heterocycles. The fourth-order valence-electron chi connectivity index (χ4n) is 2.73. The zero-order valence-electron chi connectivity index (χ0n) is 12.1. The van der Waals surface area contributed by atoms with Crippen LogP contribution in [0.1, 0.15) is 11.1 Å². The molecule has 3 rings (SSSR count). The van der Waals surface area contributed by atoms with Crippen molar-refractivity contribution in [1.82, 2.24) is 0 Å². The minimum absolute atomic E-state index is 0.450. The Morgan fingerprint density at radius 1 is 1.05 bits per heavy atom. The van der Waals surface area contributed by atoms with Gasteiger partial charge < -0.3 is 15.5 Å². The van der Waals surface area contributed by atoms with Gasteiger partial charge in [-0.3, -0.25) is 0 Å². The third kappa shape index (κ3) is 2.85. The van der Waals surface area contributed by atoms with Crippen LogP contribution >= 0.6 is 12.2 Å². The summed E-state index contributed by atoms with van der Waals surface area (Å²) in [6.07, 6.45) is 0. The van der Waals surface area contributed by atoms with E-state index in [4.69, 9.17) is 18.0 Å². The summed E-state index contributed by atoms with van der Waals surface area (Å²) in [4.78, 5) is 5.18. The summed E-state index contributed by atoms with van der Waals surface area (Å²) in [7, 11) is 2.15. The molecule has 4 heteroatoms. The van der Waals surface area contributed by atoms with E-state index >= 15 is 0 Å². The quantitative estimate of drug-likeness (QED) is 0.883. The highest BCUT2D eigenvalue weighted by Crippen LogP contribution is 2.32. The van der Waals surface area contributed by atoms with Crippen molar-refractivity contribution >= 4 is 28.6 Å². The molecule has 3 nitrogen and oxygen atoms in total. The Kier molecular flexibility index (Phi) is 3.80. The van der Waals surface area contributed by atoms with E-state index in [0.29, 0.717) is 4.99 Å². The molecule has 21 heavy (non-hydrogen) atoms. The number of hydrogen-bond acceptors (Lipinski definition) is 3. The standard InChI is InChI=1S/C17H19N3S/c1-19-10-11-20(16-5-3-2-4-15(16)19)12-13-6-8-14(9-7-13)17(18)21/h2-9H,10-12H2,1H3,(H2,18,21). The van der Waals surface area contributed by atoms with Gasteiger partial charge in [0.1, 0.15) is 4.99 Å². The Balaban J connectivity index is 1.82. The predicted octanol–water partition coefficient (Wildman–Crippen LogP) is 2.78. The summed E-state index contributed by atoms with van der Waals surface area (Å²) in [5.41, 5.74) is 10.4. The summed E-state index contributed by atoms with van der Waals surface area (Å²) in [5, 5.41) is 0. The van der Waals surface area contributed by atoms with Gasteiger partial charge >= 0.3 is 0 Å². The number of nitrogens with zero attached hydrogens (tertiary/aromatic N) is 2. The van der Waals surface area contributed by atoms with Gasteiger partial charge in [0.2, 0.25) is 0 Å². The molecule has 0 fully saturated rings. The first-order chi connectivity index (χ1) is 10.1. The SMILES string of the molecule is CN1CCN(Cc2ccc(C(N)=S)cc2)c2ccccc21. The number of hydrogen-bond donors (Lipinski definition) is 1. The van der Waals surface area contributed by atoms with Crippen LogP contribution in [0.3, 0.4) is 0 Å². The molecule has 0 saturated carbocycles. The molecule has 2 N–H and O–H groups in total. The first kappa shape index (κ1) is 13.9. The summed E-state index contributed by atoms with van der Waals surface area (Å²) in [6.45, 7) is 2.98. The molecule has 108 valence electrons. The van der Waals surface area contributed by atoms with Crippen LogP contribution in [0.15, 0.2) is 48.5 Å². The van der Waals surface area contributed by atoms with Gasteiger partial charge in [-0.05, 0) is 17.7 Å². The van der Waals surface area contributed by atoms with Crippen molar-refractivity contribution < 1.29 is 0 Å². The van der Waals surface area contributed by atoms with Gasteiger partial charge in [0.25, 0.3) is 0 Å². The summed E-state index contributed by atoms with van der Waals surface area (Å²) in [5.74, 6) is 0. The lowest BCUT2D eigenvalue weighted by Crippen LogP contribution is -2.38. The van der Waals surface area contributed by atoms with Crippen molar-refractivity contribution in [2.75, 3.05) is 29.9 Å². The third-order valence-corrected chi connectivity index (χ3v) is 4.19. The van der Waals surface area contributed by atoms with E-state index in [1.807, 2.05) is 12.1 Å². The van der Waals surface area contributed by atoms with Crippen LogP contribution in [0.5, 0.6) is 0 Å². The van der Waals surface area contributed by atoms with Gasteiger partial charge in [-0.1, -0.05) is 48.6 Å². The van der Waals surface area contributed by atoms with Crippen molar-refractivity contribution in [3.8, 4) is 0 Å². The minimum atomic E-state index is 0.450. The van der Waals surface area contributed by atoms with Gasteiger partial charge in [0, 0.05) is 32.2 Å². The van der Waals surface area contributed by atoms with Crippen LogP contribution in [-0.4, -0.2) is 25.1 Å². The van der Waals surface area contributed by atoms with Crippen molar-refractivity contribution in [1.29, 1.82) is 0 Å². The maximum Gasteiger partial charge on any atom is 0.103 e. The first-order valence-electron chi connectivity index (χ1n) is 7.09. The fourth-order valence-corrected chi connectivity index (χ4v) is 2.86. The second-order valence-electron chi connectivity index (χ2n) is 5.39. The average molecular weight is 297 g/mol. The lowest BCUT2D eigenvalue weighted by atomic mass is 10.1. The van der Waals surface area contributed by atoms with Gasteiger partial charge in [-0.15, -0.1) is 0 Å². The van der Waals surface area contributed by atoms with E-state index in [0.717, 1.165) is 25.2 Å². The van der Waals surface area contributed by atoms with E-state index in [9.17, 15) is 0 Å². The lowest BCUT2D eigenvalue weighted by Gasteiger charge is -2.37. The van der Waals surface area contributed by atoms with E-state index in [1.54, 1.807) is 0 Å². The number of nitrogens with two attached hydrogens (primary N) is 1. The van der Waals surface area contributed by atoms with Crippen molar-refractivity contribution in [2.45, 2.75) is 6.54 Å². The molecule has 0 unspecified atom stereocenters. The Hall–Kier alpha value is -2.07. The maximum absolute atomic E-state index is 5.64. The first-order valence-corrected chi connectivity index (χ1v) is 7.50. The van der Waals surface area contributed by atoms with Crippen molar-refractivity contribution in [3.05, 3.63) is 59.7 Å². The molecule has 0 aromatic heterocycles. The van der Waals surface area contributed by atoms with Gasteiger partial charge in [0.05, 0.1) is 11.4 Å². The number of fused-ring (bicyclic) bond motifs is 1. The largest absolute Gasteiger partial charge is 0.389 e. The zero-order valence-corrected chi connectivity index (χ0v) is 12.9. The summed E-state index contributed by atoms with van der Waals surface area (Å²) < 4.78 is 0. The average Bonchev–Trinajstić information content (AvgIpc) is 2.51. The maximum atomic E-state index is 5.64. The van der Waals surface area contributed by atoms with E-state index < -0.39 is 0 Å². The normalized spacial score (nSPS) is 14.0. The molecule has 0 aliphatic carbocycles. The topological polar surface area (TPSA) is 32.5 Å². The molecule has 0 saturated heterocycles. The van der Waals surface area contributed by atoms with Crippen molar-refractivity contribution in [3.63, 3.8) is 0 Å². The van der Waals surface area contributed by atoms with E-state index in [-0.39, 0.29) is 0 Å². The number of rotatable bonds is 3. The van der Waals surface area contributed by atoms with Gasteiger partial charge in [-0.2, -0.15) is 0 Å². The molecular weight excluding hydrogens is 278 g/mol. The number of thiocarbonyl (C=S) groups is 1. The predicted molar refractivity (Wildman–Crippen MR) is 93.1 cm³/mol. The molecule has 1 aliphatic heterocycles. The molecule has 0 amide bonds. The summed E-state index contributed by atoms with van der Waals surface area (Å²) >= 11 is 4.99. The lowest BCUT2D eigenvalue weighted by molar-refractivity contribution is 0.735. The molecule has 0 spiro atoms. The smallest absolute Gasteiger partial charge is 0.103 e. The van der Waals surface area contributed by atoms with Crippen LogP contribution in [0.25, 0.3) is 0 Å². The molecular formula is C17H19N3S.